The summed E-state index contributed by atoms with van der Waals surface area (Å²) < 4.78 is 16.9. The zero-order chi connectivity index (χ0) is 50.0. The van der Waals surface area contributed by atoms with Gasteiger partial charge in [-0.3, -0.25) is 14.4 Å². The fraction of sp³-hybridized carbons (Fsp3) is 0.889. The van der Waals surface area contributed by atoms with Gasteiger partial charge in [0.15, 0.2) is 6.10 Å². The molecule has 0 fully saturated rings. The predicted octanol–water partition coefficient (Wildman–Crippen LogP) is 20.7. The van der Waals surface area contributed by atoms with E-state index in [9.17, 15) is 14.4 Å². The van der Waals surface area contributed by atoms with E-state index in [2.05, 4.69) is 45.1 Å². The van der Waals surface area contributed by atoms with Crippen molar-refractivity contribution in [2.24, 2.45) is 0 Å². The lowest BCUT2D eigenvalue weighted by Crippen LogP contribution is -2.30. The van der Waals surface area contributed by atoms with Crippen molar-refractivity contribution < 1.29 is 28.6 Å². The number of hydrogen-bond donors (Lipinski definition) is 0. The number of hydrogen-bond acceptors (Lipinski definition) is 6. The van der Waals surface area contributed by atoms with Crippen molar-refractivity contribution in [3.8, 4) is 0 Å². The van der Waals surface area contributed by atoms with Gasteiger partial charge in [0.25, 0.3) is 0 Å². The van der Waals surface area contributed by atoms with Gasteiger partial charge in [-0.2, -0.15) is 0 Å². The Morgan fingerprint density at radius 1 is 0.290 bits per heavy atom. The molecular formula is C63H118O6. The Bertz CT molecular complexity index is 1110. The normalized spacial score (nSPS) is 12.1. The van der Waals surface area contributed by atoms with Crippen LogP contribution in [0.3, 0.4) is 0 Å². The lowest BCUT2D eigenvalue weighted by atomic mass is 10.0. The third kappa shape index (κ3) is 56.7. The molecule has 0 saturated heterocycles. The molecule has 6 heteroatoms. The minimum atomic E-state index is -0.772. The standard InChI is InChI=1S/C63H118O6/c1-4-7-10-13-16-19-22-25-28-31-33-35-38-41-44-47-50-53-56-62(65)68-59-60(58-67-61(64)55-52-49-46-43-40-37-34-30-27-24-21-18-15-12-9-6-3)69-63(66)57-54-51-48-45-42-39-36-32-29-26-23-20-17-14-11-8-5-2/h21,24,30,34,60H,4-20,22-23,25-29,31-33,35-59H2,1-3H3/b24-21-,34-30-. The van der Waals surface area contributed by atoms with Crippen LogP contribution in [0, 0.1) is 0 Å². The van der Waals surface area contributed by atoms with Crippen LogP contribution >= 0.6 is 0 Å². The molecule has 0 aliphatic carbocycles. The van der Waals surface area contributed by atoms with E-state index in [0.29, 0.717) is 19.3 Å². The second kappa shape index (κ2) is 58.5. The van der Waals surface area contributed by atoms with Crippen LogP contribution < -0.4 is 0 Å². The quantitative estimate of drug-likeness (QED) is 0.0261. The Labute approximate surface area is 430 Å². The summed E-state index contributed by atoms with van der Waals surface area (Å²) >= 11 is 0. The number of allylic oxidation sites excluding steroid dienone is 4. The van der Waals surface area contributed by atoms with Crippen molar-refractivity contribution in [1.29, 1.82) is 0 Å². The Hall–Kier alpha value is -2.11. The SMILES string of the molecule is CCCCCC/C=C\C/C=C\CCCCCCCC(=O)OCC(COC(=O)CCCCCCCCCCCCCCCCCCCC)OC(=O)CCCCCCCCCCCCCCCCCCC. The van der Waals surface area contributed by atoms with Crippen molar-refractivity contribution in [3.05, 3.63) is 24.3 Å². The summed E-state index contributed by atoms with van der Waals surface area (Å²) in [7, 11) is 0. The topological polar surface area (TPSA) is 78.9 Å². The van der Waals surface area contributed by atoms with Gasteiger partial charge < -0.3 is 14.2 Å². The number of rotatable bonds is 57. The first-order valence-electron chi connectivity index (χ1n) is 30.8. The van der Waals surface area contributed by atoms with E-state index < -0.39 is 6.10 Å². The minimum Gasteiger partial charge on any atom is -0.462 e. The fourth-order valence-corrected chi connectivity index (χ4v) is 9.30. The van der Waals surface area contributed by atoms with Crippen molar-refractivity contribution in [2.45, 2.75) is 348 Å². The monoisotopic (exact) mass is 971 g/mol. The van der Waals surface area contributed by atoms with Gasteiger partial charge in [-0.1, -0.05) is 295 Å². The molecule has 6 nitrogen and oxygen atoms in total. The average molecular weight is 972 g/mol. The van der Waals surface area contributed by atoms with Crippen LogP contribution in [0.2, 0.25) is 0 Å². The van der Waals surface area contributed by atoms with E-state index >= 15 is 0 Å². The number of ether oxygens (including phenoxy) is 3. The molecule has 0 aromatic heterocycles. The number of esters is 3. The van der Waals surface area contributed by atoms with Crippen molar-refractivity contribution in [3.63, 3.8) is 0 Å². The van der Waals surface area contributed by atoms with E-state index in [4.69, 9.17) is 14.2 Å². The highest BCUT2D eigenvalue weighted by molar-refractivity contribution is 5.71. The smallest absolute Gasteiger partial charge is 0.306 e. The third-order valence-corrected chi connectivity index (χ3v) is 14.0. The van der Waals surface area contributed by atoms with E-state index in [1.54, 1.807) is 0 Å². The minimum absolute atomic E-state index is 0.0697. The molecule has 1 atom stereocenters. The van der Waals surface area contributed by atoms with Gasteiger partial charge in [0.1, 0.15) is 13.2 Å². The maximum atomic E-state index is 12.9. The third-order valence-electron chi connectivity index (χ3n) is 14.0. The molecule has 0 aromatic carbocycles. The maximum Gasteiger partial charge on any atom is 0.306 e. The van der Waals surface area contributed by atoms with Gasteiger partial charge in [0.2, 0.25) is 0 Å². The summed E-state index contributed by atoms with van der Waals surface area (Å²) in [5, 5.41) is 0. The number of unbranched alkanes of at least 4 members (excludes halogenated alkanes) is 42. The van der Waals surface area contributed by atoms with Crippen LogP contribution in [-0.2, 0) is 28.6 Å². The first-order valence-corrected chi connectivity index (χ1v) is 30.8. The molecular weight excluding hydrogens is 853 g/mol. The van der Waals surface area contributed by atoms with Gasteiger partial charge in [-0.15, -0.1) is 0 Å². The molecule has 0 radical (unpaired) electrons. The molecule has 0 spiro atoms. The molecule has 1 unspecified atom stereocenters. The lowest BCUT2D eigenvalue weighted by Gasteiger charge is -2.18. The Morgan fingerprint density at radius 2 is 0.522 bits per heavy atom. The highest BCUT2D eigenvalue weighted by atomic mass is 16.6. The van der Waals surface area contributed by atoms with E-state index in [0.717, 1.165) is 77.0 Å². The fourth-order valence-electron chi connectivity index (χ4n) is 9.30. The number of carbonyl (C=O) groups is 3. The average Bonchev–Trinajstić information content (AvgIpc) is 3.35. The molecule has 406 valence electrons. The highest BCUT2D eigenvalue weighted by Crippen LogP contribution is 2.18. The van der Waals surface area contributed by atoms with E-state index in [1.165, 1.54) is 225 Å². The van der Waals surface area contributed by atoms with Crippen LogP contribution in [0.4, 0.5) is 0 Å². The molecule has 69 heavy (non-hydrogen) atoms. The van der Waals surface area contributed by atoms with Crippen molar-refractivity contribution in [1.82, 2.24) is 0 Å². The Kier molecular flexibility index (Phi) is 56.7. The van der Waals surface area contributed by atoms with Gasteiger partial charge in [-0.05, 0) is 51.4 Å². The zero-order valence-corrected chi connectivity index (χ0v) is 46.6. The first-order chi connectivity index (χ1) is 34.0. The second-order valence-corrected chi connectivity index (χ2v) is 21.0. The zero-order valence-electron chi connectivity index (χ0n) is 46.6. The van der Waals surface area contributed by atoms with Crippen molar-refractivity contribution in [2.75, 3.05) is 13.2 Å². The maximum absolute atomic E-state index is 12.9. The molecule has 0 aliphatic heterocycles. The first kappa shape index (κ1) is 66.9. The van der Waals surface area contributed by atoms with Gasteiger partial charge in [0.05, 0.1) is 0 Å². The Balaban J connectivity index is 4.33. The van der Waals surface area contributed by atoms with Gasteiger partial charge >= 0.3 is 17.9 Å². The molecule has 0 aliphatic rings. The largest absolute Gasteiger partial charge is 0.462 e. The highest BCUT2D eigenvalue weighted by Gasteiger charge is 2.19. The summed E-state index contributed by atoms with van der Waals surface area (Å²) in [4.78, 5) is 38.2. The van der Waals surface area contributed by atoms with Crippen LogP contribution in [0.5, 0.6) is 0 Å². The van der Waals surface area contributed by atoms with Gasteiger partial charge in [-0.25, -0.2) is 0 Å². The Morgan fingerprint density at radius 3 is 0.812 bits per heavy atom. The van der Waals surface area contributed by atoms with Crippen LogP contribution in [0.25, 0.3) is 0 Å². The molecule has 0 rings (SSSR count). The van der Waals surface area contributed by atoms with Crippen LogP contribution in [0.1, 0.15) is 342 Å². The summed E-state index contributed by atoms with van der Waals surface area (Å²) in [5.41, 5.74) is 0. The summed E-state index contributed by atoms with van der Waals surface area (Å²) in [6.45, 7) is 6.68. The van der Waals surface area contributed by atoms with Gasteiger partial charge in [0, 0.05) is 19.3 Å². The summed E-state index contributed by atoms with van der Waals surface area (Å²) in [6.07, 6.45) is 68.8. The van der Waals surface area contributed by atoms with E-state index in [-0.39, 0.29) is 31.1 Å². The van der Waals surface area contributed by atoms with Crippen molar-refractivity contribution >= 4 is 17.9 Å². The molecule has 0 saturated carbocycles. The summed E-state index contributed by atoms with van der Waals surface area (Å²) in [5.74, 6) is -0.858. The van der Waals surface area contributed by atoms with Crippen LogP contribution in [-0.4, -0.2) is 37.2 Å². The molecule has 0 N–H and O–H groups in total. The predicted molar refractivity (Wildman–Crippen MR) is 298 cm³/mol. The summed E-state index contributed by atoms with van der Waals surface area (Å²) in [6, 6.07) is 0. The molecule has 0 aromatic rings. The molecule has 0 heterocycles. The van der Waals surface area contributed by atoms with E-state index in [1.807, 2.05) is 0 Å². The lowest BCUT2D eigenvalue weighted by molar-refractivity contribution is -0.167. The van der Waals surface area contributed by atoms with Crippen LogP contribution in [0.15, 0.2) is 24.3 Å². The molecule has 0 amide bonds. The molecule has 0 bridgehead atoms. The second-order valence-electron chi connectivity index (χ2n) is 21.0. The number of carbonyl (C=O) groups excluding carboxylic acids is 3.